The highest BCUT2D eigenvalue weighted by Gasteiger charge is 2.29. The van der Waals surface area contributed by atoms with Crippen molar-refractivity contribution in [1.29, 1.82) is 0 Å². The summed E-state index contributed by atoms with van der Waals surface area (Å²) in [7, 11) is 3.37. The van der Waals surface area contributed by atoms with E-state index in [0.717, 1.165) is 0 Å². The van der Waals surface area contributed by atoms with E-state index in [0.29, 0.717) is 20.5 Å². The van der Waals surface area contributed by atoms with Crippen LogP contribution in [0.15, 0.2) is 31.1 Å². The van der Waals surface area contributed by atoms with E-state index < -0.39 is 0 Å². The second-order valence-electron chi connectivity index (χ2n) is 3.12. The SMILES string of the molecule is CN=C1S/C(=C/c2ccc(Br)o2)C(=O)N1C. The molecule has 0 atom stereocenters. The van der Waals surface area contributed by atoms with Crippen LogP contribution in [0, 0.1) is 0 Å². The van der Waals surface area contributed by atoms with Crippen LogP contribution in [0.3, 0.4) is 0 Å². The molecule has 1 aromatic rings. The van der Waals surface area contributed by atoms with Gasteiger partial charge in [0.1, 0.15) is 5.76 Å². The molecule has 0 bridgehead atoms. The van der Waals surface area contributed by atoms with Gasteiger partial charge in [0.15, 0.2) is 9.84 Å². The summed E-state index contributed by atoms with van der Waals surface area (Å²) >= 11 is 4.56. The van der Waals surface area contributed by atoms with Crippen LogP contribution in [-0.4, -0.2) is 30.1 Å². The standard InChI is InChI=1S/C10H9BrN2O2S/c1-12-10-13(2)9(14)7(16-10)5-6-3-4-8(11)15-6/h3-5H,1-2H3/b7-5+,12-10?. The summed E-state index contributed by atoms with van der Waals surface area (Å²) in [5.74, 6) is 0.589. The van der Waals surface area contributed by atoms with Gasteiger partial charge in [0.2, 0.25) is 0 Å². The van der Waals surface area contributed by atoms with E-state index in [1.165, 1.54) is 16.7 Å². The molecule has 84 valence electrons. The molecule has 2 rings (SSSR count). The Morgan fingerprint density at radius 1 is 1.56 bits per heavy atom. The highest BCUT2D eigenvalue weighted by molar-refractivity contribution is 9.10. The first-order chi connectivity index (χ1) is 7.61. The molecule has 16 heavy (non-hydrogen) atoms. The average molecular weight is 301 g/mol. The molecule has 1 amide bonds. The van der Waals surface area contributed by atoms with Gasteiger partial charge < -0.3 is 4.42 Å². The van der Waals surface area contributed by atoms with E-state index in [2.05, 4.69) is 20.9 Å². The Kier molecular flexibility index (Phi) is 3.20. The molecule has 0 aliphatic carbocycles. The van der Waals surface area contributed by atoms with Crippen molar-refractivity contribution in [3.05, 3.63) is 27.5 Å². The summed E-state index contributed by atoms with van der Waals surface area (Å²) in [6, 6.07) is 3.58. The number of hydrogen-bond acceptors (Lipinski definition) is 4. The van der Waals surface area contributed by atoms with E-state index in [-0.39, 0.29) is 5.91 Å². The van der Waals surface area contributed by atoms with Gasteiger partial charge in [0.05, 0.1) is 4.91 Å². The summed E-state index contributed by atoms with van der Waals surface area (Å²) in [6.07, 6.45) is 1.71. The predicted octanol–water partition coefficient (Wildman–Crippen LogP) is 2.57. The number of thioether (sulfide) groups is 1. The maximum Gasteiger partial charge on any atom is 0.266 e. The smallest absolute Gasteiger partial charge is 0.266 e. The van der Waals surface area contributed by atoms with Crippen molar-refractivity contribution in [2.75, 3.05) is 14.1 Å². The van der Waals surface area contributed by atoms with Crippen molar-refractivity contribution < 1.29 is 9.21 Å². The molecule has 0 spiro atoms. The average Bonchev–Trinajstić information content (AvgIpc) is 2.78. The molecular formula is C10H9BrN2O2S. The van der Waals surface area contributed by atoms with Gasteiger partial charge >= 0.3 is 0 Å². The molecule has 0 aromatic carbocycles. The minimum atomic E-state index is -0.0573. The van der Waals surface area contributed by atoms with Crippen LogP contribution in [0.5, 0.6) is 0 Å². The van der Waals surface area contributed by atoms with Gasteiger partial charge in [0, 0.05) is 20.2 Å². The first-order valence-corrected chi connectivity index (χ1v) is 6.12. The Hall–Kier alpha value is -1.01. The molecule has 1 aliphatic rings. The highest BCUT2D eigenvalue weighted by atomic mass is 79.9. The van der Waals surface area contributed by atoms with Crippen LogP contribution in [0.2, 0.25) is 0 Å². The molecule has 1 saturated heterocycles. The minimum absolute atomic E-state index is 0.0573. The monoisotopic (exact) mass is 300 g/mol. The maximum atomic E-state index is 11.8. The zero-order valence-electron chi connectivity index (χ0n) is 8.73. The van der Waals surface area contributed by atoms with Gasteiger partial charge in [-0.05, 0) is 39.8 Å². The maximum absolute atomic E-state index is 11.8. The molecule has 1 aliphatic heterocycles. The fraction of sp³-hybridized carbons (Fsp3) is 0.200. The zero-order valence-corrected chi connectivity index (χ0v) is 11.1. The van der Waals surface area contributed by atoms with Crippen LogP contribution >= 0.6 is 27.7 Å². The van der Waals surface area contributed by atoms with Gasteiger partial charge in [-0.2, -0.15) is 0 Å². The fourth-order valence-electron chi connectivity index (χ4n) is 1.28. The topological polar surface area (TPSA) is 45.8 Å². The van der Waals surface area contributed by atoms with E-state index in [4.69, 9.17) is 4.42 Å². The van der Waals surface area contributed by atoms with E-state index in [9.17, 15) is 4.79 Å². The normalized spacial score (nSPS) is 21.4. The number of carbonyl (C=O) groups excluding carboxylic acids is 1. The number of aliphatic imine (C=N–C) groups is 1. The minimum Gasteiger partial charge on any atom is -0.450 e. The van der Waals surface area contributed by atoms with Crippen molar-refractivity contribution in [3.8, 4) is 0 Å². The lowest BCUT2D eigenvalue weighted by atomic mass is 10.4. The number of amidine groups is 1. The Bertz CT molecular complexity index is 493. The molecule has 2 heterocycles. The number of halogens is 1. The van der Waals surface area contributed by atoms with Gasteiger partial charge in [0.25, 0.3) is 5.91 Å². The Morgan fingerprint density at radius 3 is 2.81 bits per heavy atom. The third-order valence-corrected chi connectivity index (χ3v) is 3.64. The molecule has 1 aromatic heterocycles. The zero-order chi connectivity index (χ0) is 11.7. The molecule has 6 heteroatoms. The van der Waals surface area contributed by atoms with Gasteiger partial charge in [-0.25, -0.2) is 0 Å². The number of rotatable bonds is 1. The summed E-state index contributed by atoms with van der Waals surface area (Å²) in [5.41, 5.74) is 0. The van der Waals surface area contributed by atoms with Crippen molar-refractivity contribution in [2.45, 2.75) is 0 Å². The Balaban J connectivity index is 2.30. The van der Waals surface area contributed by atoms with Crippen molar-refractivity contribution >= 4 is 44.8 Å². The van der Waals surface area contributed by atoms with Crippen LogP contribution in [0.1, 0.15) is 5.76 Å². The van der Waals surface area contributed by atoms with Gasteiger partial charge in [-0.3, -0.25) is 14.7 Å². The van der Waals surface area contributed by atoms with E-state index in [1.807, 2.05) is 0 Å². The van der Waals surface area contributed by atoms with Gasteiger partial charge in [-0.1, -0.05) is 0 Å². The molecule has 1 fully saturated rings. The highest BCUT2D eigenvalue weighted by Crippen LogP contribution is 2.31. The van der Waals surface area contributed by atoms with Crippen molar-refractivity contribution in [3.63, 3.8) is 0 Å². The lowest BCUT2D eigenvalue weighted by Crippen LogP contribution is -2.23. The van der Waals surface area contributed by atoms with Crippen LogP contribution in [0.25, 0.3) is 6.08 Å². The number of hydrogen-bond donors (Lipinski definition) is 0. The quantitative estimate of drug-likeness (QED) is 0.749. The molecule has 4 nitrogen and oxygen atoms in total. The molecular weight excluding hydrogens is 292 g/mol. The predicted molar refractivity (Wildman–Crippen MR) is 68.1 cm³/mol. The summed E-state index contributed by atoms with van der Waals surface area (Å²) < 4.78 is 5.96. The first kappa shape index (κ1) is 11.5. The summed E-state index contributed by atoms with van der Waals surface area (Å²) in [5, 5.41) is 0.696. The number of nitrogens with zero attached hydrogens (tertiary/aromatic N) is 2. The van der Waals surface area contributed by atoms with E-state index >= 15 is 0 Å². The lowest BCUT2D eigenvalue weighted by Gasteiger charge is -2.04. The third kappa shape index (κ3) is 2.08. The molecule has 0 unspecified atom stereocenters. The van der Waals surface area contributed by atoms with Crippen molar-refractivity contribution in [2.24, 2.45) is 4.99 Å². The first-order valence-electron chi connectivity index (χ1n) is 4.51. The molecule has 0 N–H and O–H groups in total. The van der Waals surface area contributed by atoms with Crippen molar-refractivity contribution in [1.82, 2.24) is 4.90 Å². The van der Waals surface area contributed by atoms with Gasteiger partial charge in [-0.15, -0.1) is 0 Å². The van der Waals surface area contributed by atoms with Crippen LogP contribution < -0.4 is 0 Å². The van der Waals surface area contributed by atoms with Crippen LogP contribution in [-0.2, 0) is 4.79 Å². The number of likely N-dealkylation sites (N-methyl/N-ethyl adjacent to an activating group) is 1. The number of amides is 1. The fourth-order valence-corrected chi connectivity index (χ4v) is 2.51. The second kappa shape index (κ2) is 4.47. The largest absolute Gasteiger partial charge is 0.450 e. The number of carbonyl (C=O) groups is 1. The Morgan fingerprint density at radius 2 is 2.31 bits per heavy atom. The number of furan rings is 1. The second-order valence-corrected chi connectivity index (χ2v) is 4.91. The third-order valence-electron chi connectivity index (χ3n) is 2.06. The summed E-state index contributed by atoms with van der Waals surface area (Å²) in [6.45, 7) is 0. The molecule has 0 radical (unpaired) electrons. The summed E-state index contributed by atoms with van der Waals surface area (Å²) in [4.78, 5) is 17.9. The van der Waals surface area contributed by atoms with Crippen LogP contribution in [0.4, 0.5) is 0 Å². The van der Waals surface area contributed by atoms with E-state index in [1.54, 1.807) is 32.3 Å². The molecule has 0 saturated carbocycles. The lowest BCUT2D eigenvalue weighted by molar-refractivity contribution is -0.121. The Labute approximate surface area is 106 Å².